The van der Waals surface area contributed by atoms with Gasteiger partial charge in [0.05, 0.1) is 22.0 Å². The number of nitrogen functional groups attached to an aromatic ring is 1. The number of anilines is 2. The van der Waals surface area contributed by atoms with Gasteiger partial charge in [-0.3, -0.25) is 10.1 Å². The van der Waals surface area contributed by atoms with Gasteiger partial charge in [0.15, 0.2) is 5.13 Å². The summed E-state index contributed by atoms with van der Waals surface area (Å²) in [6, 6.07) is 5.01. The van der Waals surface area contributed by atoms with Crippen molar-refractivity contribution in [1.29, 1.82) is 0 Å². The fraction of sp³-hybridized carbons (Fsp3) is 0.231. The Morgan fingerprint density at radius 3 is 3.05 bits per heavy atom. The van der Waals surface area contributed by atoms with Crippen LogP contribution in [0.15, 0.2) is 18.2 Å². The molecule has 1 aromatic heterocycles. The van der Waals surface area contributed by atoms with Crippen molar-refractivity contribution in [3.05, 3.63) is 39.4 Å². The van der Waals surface area contributed by atoms with Crippen molar-refractivity contribution in [3.8, 4) is 0 Å². The van der Waals surface area contributed by atoms with Crippen LogP contribution in [0.4, 0.5) is 10.8 Å². The number of fused-ring (bicyclic) bond motifs is 1. The summed E-state index contributed by atoms with van der Waals surface area (Å²) in [4.78, 5) is 17.8. The highest BCUT2D eigenvalue weighted by atomic mass is 35.5. The molecule has 6 heteroatoms. The van der Waals surface area contributed by atoms with Crippen LogP contribution < -0.4 is 11.1 Å². The van der Waals surface area contributed by atoms with E-state index in [-0.39, 0.29) is 5.91 Å². The lowest BCUT2D eigenvalue weighted by Gasteiger charge is -2.06. The number of aromatic nitrogens is 1. The molecule has 0 atom stereocenters. The topological polar surface area (TPSA) is 68.0 Å². The SMILES string of the molecule is Nc1c(Cl)cccc1C(=O)Nc1nc2c(s1)CCC2. The van der Waals surface area contributed by atoms with Crippen molar-refractivity contribution in [1.82, 2.24) is 4.98 Å². The summed E-state index contributed by atoms with van der Waals surface area (Å²) in [7, 11) is 0. The lowest BCUT2D eigenvalue weighted by Crippen LogP contribution is -2.14. The number of carbonyl (C=O) groups is 1. The van der Waals surface area contributed by atoms with Gasteiger partial charge in [0, 0.05) is 4.88 Å². The van der Waals surface area contributed by atoms with E-state index in [2.05, 4.69) is 10.3 Å². The lowest BCUT2D eigenvalue weighted by molar-refractivity contribution is 0.102. The zero-order valence-corrected chi connectivity index (χ0v) is 11.6. The van der Waals surface area contributed by atoms with E-state index < -0.39 is 0 Å². The first-order valence-electron chi connectivity index (χ1n) is 5.99. The molecule has 1 aliphatic carbocycles. The first-order chi connectivity index (χ1) is 9.15. The number of halogens is 1. The largest absolute Gasteiger partial charge is 0.397 e. The molecule has 3 rings (SSSR count). The Hall–Kier alpha value is -1.59. The Labute approximate surface area is 119 Å². The van der Waals surface area contributed by atoms with Crippen LogP contribution in [0.1, 0.15) is 27.3 Å². The normalized spacial score (nSPS) is 13.3. The maximum atomic E-state index is 12.1. The molecule has 4 nitrogen and oxygen atoms in total. The summed E-state index contributed by atoms with van der Waals surface area (Å²) in [6.45, 7) is 0. The number of benzene rings is 1. The summed E-state index contributed by atoms with van der Waals surface area (Å²) < 4.78 is 0. The summed E-state index contributed by atoms with van der Waals surface area (Å²) in [6.07, 6.45) is 3.22. The van der Waals surface area contributed by atoms with E-state index in [1.54, 1.807) is 18.2 Å². The van der Waals surface area contributed by atoms with Gasteiger partial charge in [-0.1, -0.05) is 17.7 Å². The highest BCUT2D eigenvalue weighted by molar-refractivity contribution is 7.16. The number of aryl methyl sites for hydroxylation is 2. The van der Waals surface area contributed by atoms with Crippen molar-refractivity contribution in [3.63, 3.8) is 0 Å². The van der Waals surface area contributed by atoms with Crippen LogP contribution in [0.3, 0.4) is 0 Å². The molecule has 2 aromatic rings. The van der Waals surface area contributed by atoms with Crippen molar-refractivity contribution in [2.24, 2.45) is 0 Å². The average molecular weight is 294 g/mol. The minimum absolute atomic E-state index is 0.271. The Kier molecular flexibility index (Phi) is 3.16. The van der Waals surface area contributed by atoms with Gasteiger partial charge in [0.2, 0.25) is 0 Å². The molecule has 1 heterocycles. The number of nitrogens with one attached hydrogen (secondary N) is 1. The number of hydrogen-bond acceptors (Lipinski definition) is 4. The maximum Gasteiger partial charge on any atom is 0.259 e. The number of amides is 1. The maximum absolute atomic E-state index is 12.1. The Bertz CT molecular complexity index is 632. The van der Waals surface area contributed by atoms with Gasteiger partial charge in [-0.25, -0.2) is 4.98 Å². The molecule has 19 heavy (non-hydrogen) atoms. The third-order valence-corrected chi connectivity index (χ3v) is 4.52. The van der Waals surface area contributed by atoms with E-state index in [0.29, 0.717) is 21.4 Å². The highest BCUT2D eigenvalue weighted by Gasteiger charge is 2.19. The molecule has 0 aliphatic heterocycles. The molecule has 1 aliphatic rings. The quantitative estimate of drug-likeness (QED) is 0.836. The lowest BCUT2D eigenvalue weighted by atomic mass is 10.1. The molecular formula is C13H12ClN3OS. The number of carbonyl (C=O) groups excluding carboxylic acids is 1. The average Bonchev–Trinajstić information content (AvgIpc) is 2.93. The zero-order chi connectivity index (χ0) is 13.4. The van der Waals surface area contributed by atoms with E-state index >= 15 is 0 Å². The van der Waals surface area contributed by atoms with E-state index in [1.807, 2.05) is 0 Å². The van der Waals surface area contributed by atoms with Crippen LogP contribution >= 0.6 is 22.9 Å². The molecule has 0 saturated heterocycles. The van der Waals surface area contributed by atoms with Gasteiger partial charge in [-0.05, 0) is 31.4 Å². The number of hydrogen-bond donors (Lipinski definition) is 2. The third kappa shape index (κ3) is 2.31. The predicted molar refractivity (Wildman–Crippen MR) is 78.0 cm³/mol. The molecule has 0 radical (unpaired) electrons. The minimum atomic E-state index is -0.271. The fourth-order valence-corrected chi connectivity index (χ4v) is 3.36. The van der Waals surface area contributed by atoms with Gasteiger partial charge in [-0.15, -0.1) is 11.3 Å². The van der Waals surface area contributed by atoms with Gasteiger partial charge in [0.1, 0.15) is 0 Å². The number of rotatable bonds is 2. The van der Waals surface area contributed by atoms with Gasteiger partial charge in [0.25, 0.3) is 5.91 Å². The van der Waals surface area contributed by atoms with Crippen LogP contribution in [-0.4, -0.2) is 10.9 Å². The van der Waals surface area contributed by atoms with E-state index in [1.165, 1.54) is 16.2 Å². The van der Waals surface area contributed by atoms with E-state index in [9.17, 15) is 4.79 Å². The van der Waals surface area contributed by atoms with E-state index in [4.69, 9.17) is 17.3 Å². The molecule has 0 fully saturated rings. The van der Waals surface area contributed by atoms with Crippen molar-refractivity contribution in [2.45, 2.75) is 19.3 Å². The molecule has 1 amide bonds. The first kappa shape index (κ1) is 12.4. The molecule has 0 bridgehead atoms. The van der Waals surface area contributed by atoms with Crippen LogP contribution in [0, 0.1) is 0 Å². The van der Waals surface area contributed by atoms with Crippen molar-refractivity contribution in [2.75, 3.05) is 11.1 Å². The first-order valence-corrected chi connectivity index (χ1v) is 7.18. The Balaban J connectivity index is 1.82. The summed E-state index contributed by atoms with van der Waals surface area (Å²) in [5, 5.41) is 3.80. The standard InChI is InChI=1S/C13H12ClN3OS/c14-8-4-1-3-7(11(8)15)12(18)17-13-16-9-5-2-6-10(9)19-13/h1,3-4H,2,5-6,15H2,(H,16,17,18). The van der Waals surface area contributed by atoms with E-state index in [0.717, 1.165) is 25.0 Å². The molecule has 1 aromatic carbocycles. The second-order valence-corrected chi connectivity index (χ2v) is 5.89. The molecule has 0 spiro atoms. The van der Waals surface area contributed by atoms with Gasteiger partial charge < -0.3 is 5.73 Å². The van der Waals surface area contributed by atoms with Crippen molar-refractivity contribution < 1.29 is 4.79 Å². The minimum Gasteiger partial charge on any atom is -0.397 e. The van der Waals surface area contributed by atoms with Gasteiger partial charge >= 0.3 is 0 Å². The smallest absolute Gasteiger partial charge is 0.259 e. The Morgan fingerprint density at radius 2 is 2.26 bits per heavy atom. The fourth-order valence-electron chi connectivity index (χ4n) is 2.14. The second kappa shape index (κ2) is 4.83. The molecular weight excluding hydrogens is 282 g/mol. The summed E-state index contributed by atoms with van der Waals surface area (Å²) in [5.41, 5.74) is 7.59. The van der Waals surface area contributed by atoms with Crippen molar-refractivity contribution >= 4 is 39.7 Å². The molecule has 0 unspecified atom stereocenters. The predicted octanol–water partition coefficient (Wildman–Crippen LogP) is 3.12. The zero-order valence-electron chi connectivity index (χ0n) is 10.1. The summed E-state index contributed by atoms with van der Waals surface area (Å²) in [5.74, 6) is -0.271. The molecule has 98 valence electrons. The highest BCUT2D eigenvalue weighted by Crippen LogP contribution is 2.31. The van der Waals surface area contributed by atoms with Gasteiger partial charge in [-0.2, -0.15) is 0 Å². The monoisotopic (exact) mass is 293 g/mol. The number of nitrogens with two attached hydrogens (primary N) is 1. The summed E-state index contributed by atoms with van der Waals surface area (Å²) >= 11 is 7.44. The number of thiazole rings is 1. The second-order valence-electron chi connectivity index (χ2n) is 4.40. The van der Waals surface area contributed by atoms with Crippen LogP contribution in [0.5, 0.6) is 0 Å². The number of nitrogens with zero attached hydrogens (tertiary/aromatic N) is 1. The van der Waals surface area contributed by atoms with Crippen LogP contribution in [0.25, 0.3) is 0 Å². The molecule has 3 N–H and O–H groups in total. The molecule has 0 saturated carbocycles. The Morgan fingerprint density at radius 1 is 1.42 bits per heavy atom. The van der Waals surface area contributed by atoms with Crippen LogP contribution in [-0.2, 0) is 12.8 Å². The number of para-hydroxylation sites is 1. The third-order valence-electron chi connectivity index (χ3n) is 3.11. The van der Waals surface area contributed by atoms with Crippen LogP contribution in [0.2, 0.25) is 5.02 Å².